The first kappa shape index (κ1) is 17.4. The van der Waals surface area contributed by atoms with Gasteiger partial charge in [0, 0.05) is 0 Å². The third-order valence-corrected chi connectivity index (χ3v) is 4.00. The van der Waals surface area contributed by atoms with Gasteiger partial charge in [0.05, 0.1) is 19.3 Å². The average Bonchev–Trinajstić information content (AvgIpc) is 2.40. The highest BCUT2D eigenvalue weighted by Crippen LogP contribution is 2.36. The molecule has 0 saturated heterocycles. The summed E-state index contributed by atoms with van der Waals surface area (Å²) in [6.07, 6.45) is 5.87. The van der Waals surface area contributed by atoms with Gasteiger partial charge in [-0.1, -0.05) is 20.8 Å². The van der Waals surface area contributed by atoms with Crippen LogP contribution in [0.3, 0.4) is 0 Å². The summed E-state index contributed by atoms with van der Waals surface area (Å²) in [6.45, 7) is 10.2. The lowest BCUT2D eigenvalue weighted by Gasteiger charge is -2.34. The molecular weight excluding hydrogens is 254 g/mol. The van der Waals surface area contributed by atoms with Crippen LogP contribution in [-0.2, 0) is 14.3 Å². The molecule has 0 aliphatic heterocycles. The Balaban J connectivity index is 2.36. The molecule has 0 heterocycles. The summed E-state index contributed by atoms with van der Waals surface area (Å²) in [5.74, 6) is -0.197. The van der Waals surface area contributed by atoms with Gasteiger partial charge in [0.25, 0.3) is 0 Å². The van der Waals surface area contributed by atoms with Gasteiger partial charge in [0.15, 0.2) is 0 Å². The first-order chi connectivity index (χ1) is 9.48. The zero-order valence-electron chi connectivity index (χ0n) is 13.5. The van der Waals surface area contributed by atoms with Crippen LogP contribution in [0.15, 0.2) is 0 Å². The SMILES string of the molecule is CCCNC(COC1CCC(C)(C)CC1)C(=O)OCC. The monoisotopic (exact) mass is 285 g/mol. The van der Waals surface area contributed by atoms with E-state index < -0.39 is 0 Å². The zero-order chi connectivity index (χ0) is 15.0. The zero-order valence-corrected chi connectivity index (χ0v) is 13.5. The standard InChI is InChI=1S/C16H31NO3/c1-5-11-17-14(15(18)19-6-2)12-20-13-7-9-16(3,4)10-8-13/h13-14,17H,5-12H2,1-4H3. The number of ether oxygens (including phenoxy) is 2. The minimum atomic E-state index is -0.329. The third kappa shape index (κ3) is 6.23. The van der Waals surface area contributed by atoms with Gasteiger partial charge in [-0.05, 0) is 51.0 Å². The van der Waals surface area contributed by atoms with E-state index in [0.29, 0.717) is 24.7 Å². The summed E-state index contributed by atoms with van der Waals surface area (Å²) in [5.41, 5.74) is 0.445. The molecule has 0 aromatic rings. The van der Waals surface area contributed by atoms with Crippen LogP contribution in [0.2, 0.25) is 0 Å². The van der Waals surface area contributed by atoms with Crippen molar-refractivity contribution in [2.75, 3.05) is 19.8 Å². The van der Waals surface area contributed by atoms with Crippen LogP contribution in [0.5, 0.6) is 0 Å². The first-order valence-electron chi connectivity index (χ1n) is 8.00. The molecule has 1 saturated carbocycles. The van der Waals surface area contributed by atoms with Gasteiger partial charge in [0.2, 0.25) is 0 Å². The maximum Gasteiger partial charge on any atom is 0.325 e. The lowest BCUT2D eigenvalue weighted by Crippen LogP contribution is -2.43. The highest BCUT2D eigenvalue weighted by Gasteiger charge is 2.28. The summed E-state index contributed by atoms with van der Waals surface area (Å²) in [4.78, 5) is 11.9. The van der Waals surface area contributed by atoms with E-state index >= 15 is 0 Å². The molecule has 1 aliphatic carbocycles. The van der Waals surface area contributed by atoms with Crippen molar-refractivity contribution in [3.63, 3.8) is 0 Å². The smallest absolute Gasteiger partial charge is 0.325 e. The molecule has 20 heavy (non-hydrogen) atoms. The van der Waals surface area contributed by atoms with Gasteiger partial charge < -0.3 is 14.8 Å². The number of esters is 1. The predicted molar refractivity (Wildman–Crippen MR) is 80.7 cm³/mol. The molecule has 1 N–H and O–H groups in total. The molecule has 1 fully saturated rings. The van der Waals surface area contributed by atoms with Gasteiger partial charge in [0.1, 0.15) is 6.04 Å². The van der Waals surface area contributed by atoms with Gasteiger partial charge in [-0.3, -0.25) is 4.79 Å². The molecular formula is C16H31NO3. The van der Waals surface area contributed by atoms with Crippen LogP contribution >= 0.6 is 0 Å². The molecule has 1 atom stereocenters. The van der Waals surface area contributed by atoms with Crippen molar-refractivity contribution in [2.24, 2.45) is 5.41 Å². The lowest BCUT2D eigenvalue weighted by molar-refractivity contribution is -0.148. The van der Waals surface area contributed by atoms with Crippen molar-refractivity contribution in [2.45, 2.75) is 71.9 Å². The van der Waals surface area contributed by atoms with E-state index in [4.69, 9.17) is 9.47 Å². The van der Waals surface area contributed by atoms with E-state index in [2.05, 4.69) is 26.1 Å². The fourth-order valence-electron chi connectivity index (χ4n) is 2.54. The second kappa shape index (κ2) is 8.63. The second-order valence-electron chi connectivity index (χ2n) is 6.46. The van der Waals surface area contributed by atoms with Gasteiger partial charge in [-0.2, -0.15) is 0 Å². The highest BCUT2D eigenvalue weighted by atomic mass is 16.5. The van der Waals surface area contributed by atoms with Gasteiger partial charge in [-0.15, -0.1) is 0 Å². The maximum atomic E-state index is 11.9. The number of rotatable bonds is 8. The number of carbonyl (C=O) groups is 1. The number of hydrogen-bond acceptors (Lipinski definition) is 4. The quantitative estimate of drug-likeness (QED) is 0.697. The van der Waals surface area contributed by atoms with E-state index in [0.717, 1.165) is 25.8 Å². The minimum Gasteiger partial charge on any atom is -0.465 e. The summed E-state index contributed by atoms with van der Waals surface area (Å²) in [6, 6.07) is -0.329. The Morgan fingerprint density at radius 1 is 1.30 bits per heavy atom. The maximum absolute atomic E-state index is 11.9. The Bertz CT molecular complexity index is 281. The van der Waals surface area contributed by atoms with Crippen molar-refractivity contribution in [3.05, 3.63) is 0 Å². The molecule has 1 rings (SSSR count). The van der Waals surface area contributed by atoms with Crippen LogP contribution < -0.4 is 5.32 Å². The average molecular weight is 285 g/mol. The Morgan fingerprint density at radius 3 is 2.50 bits per heavy atom. The molecule has 0 radical (unpaired) electrons. The predicted octanol–water partition coefficient (Wildman–Crippen LogP) is 2.90. The molecule has 4 nitrogen and oxygen atoms in total. The van der Waals surface area contributed by atoms with Crippen LogP contribution in [0.25, 0.3) is 0 Å². The van der Waals surface area contributed by atoms with Crippen LogP contribution in [0, 0.1) is 5.41 Å². The van der Waals surface area contributed by atoms with E-state index in [1.54, 1.807) is 0 Å². The van der Waals surface area contributed by atoms with E-state index in [1.807, 2.05) is 6.92 Å². The molecule has 1 unspecified atom stereocenters. The third-order valence-electron chi connectivity index (χ3n) is 4.00. The summed E-state index contributed by atoms with van der Waals surface area (Å²) in [7, 11) is 0. The molecule has 4 heteroatoms. The molecule has 118 valence electrons. The van der Waals surface area contributed by atoms with E-state index in [1.165, 1.54) is 12.8 Å². The molecule has 0 aromatic carbocycles. The Labute approximate surface area is 123 Å². The molecule has 1 aliphatic rings. The van der Waals surface area contributed by atoms with E-state index in [-0.39, 0.29) is 12.0 Å². The van der Waals surface area contributed by atoms with Crippen molar-refractivity contribution >= 4 is 5.97 Å². The number of nitrogens with one attached hydrogen (secondary N) is 1. The topological polar surface area (TPSA) is 47.6 Å². The van der Waals surface area contributed by atoms with Crippen molar-refractivity contribution in [3.8, 4) is 0 Å². The number of hydrogen-bond donors (Lipinski definition) is 1. The van der Waals surface area contributed by atoms with Crippen LogP contribution in [-0.4, -0.2) is 37.9 Å². The Hall–Kier alpha value is -0.610. The van der Waals surface area contributed by atoms with Crippen LogP contribution in [0.1, 0.15) is 59.8 Å². The van der Waals surface area contributed by atoms with Crippen molar-refractivity contribution in [1.29, 1.82) is 0 Å². The molecule has 0 amide bonds. The second-order valence-corrected chi connectivity index (χ2v) is 6.46. The van der Waals surface area contributed by atoms with Crippen LogP contribution in [0.4, 0.5) is 0 Å². The highest BCUT2D eigenvalue weighted by molar-refractivity contribution is 5.75. The van der Waals surface area contributed by atoms with Crippen molar-refractivity contribution < 1.29 is 14.3 Å². The first-order valence-corrected chi connectivity index (χ1v) is 8.00. The fraction of sp³-hybridized carbons (Fsp3) is 0.938. The van der Waals surface area contributed by atoms with Gasteiger partial charge in [-0.25, -0.2) is 0 Å². The largest absolute Gasteiger partial charge is 0.465 e. The molecule has 0 bridgehead atoms. The summed E-state index contributed by atoms with van der Waals surface area (Å²) in [5, 5.41) is 3.21. The Kier molecular flexibility index (Phi) is 7.52. The fourth-order valence-corrected chi connectivity index (χ4v) is 2.54. The summed E-state index contributed by atoms with van der Waals surface area (Å²) >= 11 is 0. The molecule has 0 spiro atoms. The lowest BCUT2D eigenvalue weighted by atomic mass is 9.76. The molecule has 0 aromatic heterocycles. The van der Waals surface area contributed by atoms with Gasteiger partial charge >= 0.3 is 5.97 Å². The summed E-state index contributed by atoms with van der Waals surface area (Å²) < 4.78 is 11.0. The normalized spacial score (nSPS) is 20.6. The minimum absolute atomic E-state index is 0.197. The Morgan fingerprint density at radius 2 is 1.95 bits per heavy atom. The number of carbonyl (C=O) groups excluding carboxylic acids is 1. The van der Waals surface area contributed by atoms with E-state index in [9.17, 15) is 4.79 Å². The van der Waals surface area contributed by atoms with Crippen molar-refractivity contribution in [1.82, 2.24) is 5.32 Å².